The Morgan fingerprint density at radius 3 is 2.50 bits per heavy atom. The molecule has 32 heavy (non-hydrogen) atoms. The highest BCUT2D eigenvalue weighted by Crippen LogP contribution is 2.43. The Kier molecular flexibility index (Phi) is 5.28. The van der Waals surface area contributed by atoms with E-state index in [4.69, 9.17) is 9.72 Å². The number of piperidine rings is 1. The molecule has 0 saturated carbocycles. The monoisotopic (exact) mass is 430 g/mol. The fourth-order valence-corrected chi connectivity index (χ4v) is 6.65. The van der Waals surface area contributed by atoms with Crippen LogP contribution in [0.15, 0.2) is 54.6 Å². The Morgan fingerprint density at radius 1 is 1.00 bits per heavy atom. The van der Waals surface area contributed by atoms with Gasteiger partial charge in [0.05, 0.1) is 17.6 Å². The Balaban J connectivity index is 1.20. The standard InChI is InChI=1S/C27H34N4O/c1-20-29-25-9-5-6-10-26(25)31(20)24-17-22-11-12-23(18-24)30(22)15-13-27(19-28-14-16-32-27)21-7-3-2-4-8-21/h2-10,22-24,28H,11-19H2,1H3/t22-,23+,24?,27?. The molecular formula is C27H34N4O. The molecule has 2 aromatic carbocycles. The summed E-state index contributed by atoms with van der Waals surface area (Å²) in [5.74, 6) is 1.16. The molecule has 5 nitrogen and oxygen atoms in total. The molecular weight excluding hydrogens is 396 g/mol. The highest BCUT2D eigenvalue weighted by Gasteiger charge is 2.43. The first-order valence-corrected chi connectivity index (χ1v) is 12.3. The molecule has 1 aromatic heterocycles. The molecule has 2 bridgehead atoms. The first-order chi connectivity index (χ1) is 15.7. The number of hydrogen-bond acceptors (Lipinski definition) is 4. The van der Waals surface area contributed by atoms with E-state index in [1.807, 2.05) is 0 Å². The molecule has 4 atom stereocenters. The second-order valence-corrected chi connectivity index (χ2v) is 9.90. The maximum absolute atomic E-state index is 6.48. The van der Waals surface area contributed by atoms with Gasteiger partial charge in [0.25, 0.3) is 0 Å². The van der Waals surface area contributed by atoms with Crippen LogP contribution in [0.5, 0.6) is 0 Å². The van der Waals surface area contributed by atoms with Gasteiger partial charge >= 0.3 is 0 Å². The Hall–Kier alpha value is -2.21. The zero-order valence-corrected chi connectivity index (χ0v) is 19.0. The molecule has 4 heterocycles. The number of aryl methyl sites for hydroxylation is 1. The molecule has 5 heteroatoms. The summed E-state index contributed by atoms with van der Waals surface area (Å²) < 4.78 is 9.00. The van der Waals surface area contributed by atoms with E-state index in [1.54, 1.807) is 0 Å². The average Bonchev–Trinajstić information content (AvgIpc) is 3.30. The fourth-order valence-electron chi connectivity index (χ4n) is 6.65. The maximum Gasteiger partial charge on any atom is 0.107 e. The summed E-state index contributed by atoms with van der Waals surface area (Å²) in [5, 5.41) is 3.59. The van der Waals surface area contributed by atoms with Gasteiger partial charge in [-0.3, -0.25) is 4.90 Å². The van der Waals surface area contributed by atoms with Crippen LogP contribution in [0.25, 0.3) is 11.0 Å². The van der Waals surface area contributed by atoms with Crippen molar-refractivity contribution >= 4 is 11.0 Å². The van der Waals surface area contributed by atoms with Crippen molar-refractivity contribution in [2.75, 3.05) is 26.2 Å². The number of rotatable bonds is 5. The van der Waals surface area contributed by atoms with E-state index in [1.165, 1.54) is 36.8 Å². The van der Waals surface area contributed by atoms with Gasteiger partial charge in [-0.25, -0.2) is 4.98 Å². The number of morpholine rings is 1. The van der Waals surface area contributed by atoms with Crippen LogP contribution in [0.2, 0.25) is 0 Å². The largest absolute Gasteiger partial charge is 0.368 e. The molecule has 3 aliphatic heterocycles. The molecule has 6 rings (SSSR count). The summed E-state index contributed by atoms with van der Waals surface area (Å²) in [6, 6.07) is 21.4. The number of imidazole rings is 1. The van der Waals surface area contributed by atoms with E-state index in [0.29, 0.717) is 18.1 Å². The second kappa shape index (κ2) is 8.29. The molecule has 168 valence electrons. The molecule has 3 saturated heterocycles. The van der Waals surface area contributed by atoms with Crippen molar-refractivity contribution in [1.82, 2.24) is 19.8 Å². The van der Waals surface area contributed by atoms with Crippen LogP contribution in [0.3, 0.4) is 0 Å². The van der Waals surface area contributed by atoms with E-state index < -0.39 is 0 Å². The van der Waals surface area contributed by atoms with Crippen molar-refractivity contribution in [3.05, 3.63) is 66.0 Å². The maximum atomic E-state index is 6.48. The first kappa shape index (κ1) is 20.4. The predicted molar refractivity (Wildman–Crippen MR) is 128 cm³/mol. The molecule has 1 N–H and O–H groups in total. The van der Waals surface area contributed by atoms with Gasteiger partial charge in [-0.05, 0) is 56.7 Å². The smallest absolute Gasteiger partial charge is 0.107 e. The predicted octanol–water partition coefficient (Wildman–Crippen LogP) is 4.42. The third-order valence-electron chi connectivity index (χ3n) is 8.14. The summed E-state index contributed by atoms with van der Waals surface area (Å²) >= 11 is 0. The minimum Gasteiger partial charge on any atom is -0.368 e. The molecule has 0 spiro atoms. The van der Waals surface area contributed by atoms with Gasteiger partial charge in [-0.2, -0.15) is 0 Å². The number of nitrogens with zero attached hydrogens (tertiary/aromatic N) is 3. The van der Waals surface area contributed by atoms with Crippen LogP contribution in [-0.4, -0.2) is 52.8 Å². The van der Waals surface area contributed by atoms with Crippen molar-refractivity contribution in [2.45, 2.75) is 62.8 Å². The van der Waals surface area contributed by atoms with Crippen molar-refractivity contribution in [1.29, 1.82) is 0 Å². The second-order valence-electron chi connectivity index (χ2n) is 9.90. The summed E-state index contributed by atoms with van der Waals surface area (Å²) in [4.78, 5) is 7.66. The normalized spacial score (nSPS) is 30.7. The molecule has 3 fully saturated rings. The fraction of sp³-hybridized carbons (Fsp3) is 0.519. The Bertz CT molecular complexity index is 1060. The zero-order valence-electron chi connectivity index (χ0n) is 19.0. The van der Waals surface area contributed by atoms with Crippen molar-refractivity contribution in [3.63, 3.8) is 0 Å². The van der Waals surface area contributed by atoms with E-state index in [0.717, 1.165) is 44.0 Å². The molecule has 0 amide bonds. The first-order valence-electron chi connectivity index (χ1n) is 12.3. The minimum atomic E-state index is -0.201. The SMILES string of the molecule is Cc1nc2ccccc2n1C1C[C@H]2CC[C@@H](C1)N2CCC1(c2ccccc2)CNCCO1. The molecule has 0 aliphatic carbocycles. The Labute approximate surface area is 190 Å². The number of hydrogen-bond donors (Lipinski definition) is 1. The van der Waals surface area contributed by atoms with Crippen LogP contribution in [0, 0.1) is 6.92 Å². The molecule has 3 aromatic rings. The third kappa shape index (κ3) is 3.47. The van der Waals surface area contributed by atoms with Crippen LogP contribution < -0.4 is 5.32 Å². The summed E-state index contributed by atoms with van der Waals surface area (Å²) in [7, 11) is 0. The van der Waals surface area contributed by atoms with Gasteiger partial charge in [-0.1, -0.05) is 42.5 Å². The van der Waals surface area contributed by atoms with Crippen LogP contribution in [0.4, 0.5) is 0 Å². The minimum absolute atomic E-state index is 0.201. The Morgan fingerprint density at radius 2 is 1.75 bits per heavy atom. The highest BCUT2D eigenvalue weighted by molar-refractivity contribution is 5.76. The molecule has 0 radical (unpaired) electrons. The van der Waals surface area contributed by atoms with E-state index >= 15 is 0 Å². The topological polar surface area (TPSA) is 42.3 Å². The van der Waals surface area contributed by atoms with Crippen molar-refractivity contribution in [3.8, 4) is 0 Å². The highest BCUT2D eigenvalue weighted by atomic mass is 16.5. The summed E-state index contributed by atoms with van der Waals surface area (Å²) in [6.07, 6.45) is 6.16. The number of ether oxygens (including phenoxy) is 1. The van der Waals surface area contributed by atoms with Gasteiger partial charge in [0, 0.05) is 37.8 Å². The van der Waals surface area contributed by atoms with E-state index in [-0.39, 0.29) is 5.60 Å². The third-order valence-corrected chi connectivity index (χ3v) is 8.14. The lowest BCUT2D eigenvalue weighted by Crippen LogP contribution is -2.51. The quantitative estimate of drug-likeness (QED) is 0.651. The van der Waals surface area contributed by atoms with Crippen LogP contribution >= 0.6 is 0 Å². The lowest BCUT2D eigenvalue weighted by atomic mass is 9.87. The van der Waals surface area contributed by atoms with E-state index in [2.05, 4.69) is 76.3 Å². The number of fused-ring (bicyclic) bond motifs is 3. The lowest BCUT2D eigenvalue weighted by molar-refractivity contribution is -0.0844. The summed E-state index contributed by atoms with van der Waals surface area (Å²) in [6.45, 7) is 5.93. The lowest BCUT2D eigenvalue weighted by Gasteiger charge is -2.43. The van der Waals surface area contributed by atoms with Gasteiger partial charge in [0.15, 0.2) is 0 Å². The molecule has 3 aliphatic rings. The van der Waals surface area contributed by atoms with Crippen LogP contribution in [0.1, 0.15) is 49.5 Å². The summed E-state index contributed by atoms with van der Waals surface area (Å²) in [5.41, 5.74) is 3.54. The van der Waals surface area contributed by atoms with Gasteiger partial charge in [0.2, 0.25) is 0 Å². The van der Waals surface area contributed by atoms with E-state index in [9.17, 15) is 0 Å². The van der Waals surface area contributed by atoms with Gasteiger partial charge < -0.3 is 14.6 Å². The number of para-hydroxylation sites is 2. The van der Waals surface area contributed by atoms with Gasteiger partial charge in [0.1, 0.15) is 11.4 Å². The number of benzene rings is 2. The number of aromatic nitrogens is 2. The van der Waals surface area contributed by atoms with Crippen molar-refractivity contribution in [2.24, 2.45) is 0 Å². The van der Waals surface area contributed by atoms with Crippen LogP contribution in [-0.2, 0) is 10.3 Å². The average molecular weight is 431 g/mol. The van der Waals surface area contributed by atoms with Gasteiger partial charge in [-0.15, -0.1) is 0 Å². The van der Waals surface area contributed by atoms with Crippen molar-refractivity contribution < 1.29 is 4.74 Å². The molecule has 2 unspecified atom stereocenters. The zero-order chi connectivity index (χ0) is 21.5. The number of nitrogens with one attached hydrogen (secondary N) is 1.